The van der Waals surface area contributed by atoms with Gasteiger partial charge >= 0.3 is 5.97 Å². The number of amides is 2. The van der Waals surface area contributed by atoms with Crippen molar-refractivity contribution in [3.8, 4) is 0 Å². The summed E-state index contributed by atoms with van der Waals surface area (Å²) < 4.78 is 11.5. The number of carbonyl (C=O) groups is 4. The number of rotatable bonds is 1. The summed E-state index contributed by atoms with van der Waals surface area (Å²) in [6.45, 7) is 8.75. The van der Waals surface area contributed by atoms with Gasteiger partial charge in [-0.25, -0.2) is 5.43 Å². The third kappa shape index (κ3) is 9.06. The molecule has 2 amide bonds. The number of hydrogen-bond acceptors (Lipinski definition) is 8. The standard InChI is InChI=1S/C33H46N4O6/c1-21(2)31-29(38)13-10-22(3)32(40)37-15-7-9-28(36-37)33(41)43-23(4)24-11-12-25-20-34-27(19-26(25)18-24)8-5-6-16-42-17-14-30(39)35-31/h11-12,18-23,28,31,36H,5-10,13-17H2,1-4H3,(H,35,39)/t22-,23-,28+,31+/m1/s1. The van der Waals surface area contributed by atoms with E-state index in [0.717, 1.165) is 41.3 Å². The van der Waals surface area contributed by atoms with E-state index >= 15 is 0 Å². The maximum Gasteiger partial charge on any atom is 0.325 e. The van der Waals surface area contributed by atoms with Gasteiger partial charge in [-0.1, -0.05) is 32.9 Å². The van der Waals surface area contributed by atoms with E-state index in [2.05, 4.69) is 21.8 Å². The van der Waals surface area contributed by atoms with E-state index in [1.807, 2.05) is 45.2 Å². The minimum Gasteiger partial charge on any atom is -0.457 e. The number of nitrogens with one attached hydrogen (secondary N) is 2. The van der Waals surface area contributed by atoms with Crippen LogP contribution in [0.1, 0.15) is 90.0 Å². The molecule has 2 aliphatic heterocycles. The fourth-order valence-corrected chi connectivity index (χ4v) is 5.58. The fourth-order valence-electron chi connectivity index (χ4n) is 5.58. The van der Waals surface area contributed by atoms with Crippen LogP contribution in [0.15, 0.2) is 30.5 Å². The van der Waals surface area contributed by atoms with Crippen LogP contribution in [0, 0.1) is 11.8 Å². The van der Waals surface area contributed by atoms with E-state index in [-0.39, 0.29) is 36.4 Å². The number of aromatic nitrogens is 1. The SMILES string of the molecule is CC(C)[C@@H]1NC(=O)CCOCCCCc2cc3cc(ccc3cn2)[C@@H](C)OC(=O)[C@@H]2CCCN(N2)C(=O)[C@H](C)CCC1=O. The summed E-state index contributed by atoms with van der Waals surface area (Å²) in [7, 11) is 0. The van der Waals surface area contributed by atoms with E-state index in [4.69, 9.17) is 9.47 Å². The number of aryl methyl sites for hydroxylation is 1. The van der Waals surface area contributed by atoms with Crippen LogP contribution in [-0.4, -0.2) is 65.4 Å². The van der Waals surface area contributed by atoms with Crippen LogP contribution < -0.4 is 10.7 Å². The van der Waals surface area contributed by atoms with Crippen LogP contribution in [0.3, 0.4) is 0 Å². The van der Waals surface area contributed by atoms with Crippen molar-refractivity contribution in [1.29, 1.82) is 0 Å². The van der Waals surface area contributed by atoms with Gasteiger partial charge in [-0.15, -0.1) is 0 Å². The average molecular weight is 595 g/mol. The monoisotopic (exact) mass is 594 g/mol. The first kappa shape index (κ1) is 32.5. The number of carbonyl (C=O) groups excluding carboxylic acids is 4. The second-order valence-corrected chi connectivity index (χ2v) is 12.2. The van der Waals surface area contributed by atoms with E-state index in [0.29, 0.717) is 39.0 Å². The molecule has 10 nitrogen and oxygen atoms in total. The van der Waals surface area contributed by atoms with Crippen LogP contribution in [0.4, 0.5) is 0 Å². The van der Waals surface area contributed by atoms with Crippen molar-refractivity contribution in [2.24, 2.45) is 11.8 Å². The minimum absolute atomic E-state index is 0.0810. The maximum absolute atomic E-state index is 13.2. The Morgan fingerprint density at radius 1 is 0.930 bits per heavy atom. The first-order valence-electron chi connectivity index (χ1n) is 15.7. The Morgan fingerprint density at radius 3 is 2.53 bits per heavy atom. The molecule has 1 aromatic heterocycles. The van der Waals surface area contributed by atoms with Gasteiger partial charge in [0.15, 0.2) is 5.78 Å². The van der Waals surface area contributed by atoms with Gasteiger partial charge in [0.1, 0.15) is 12.1 Å². The van der Waals surface area contributed by atoms with E-state index in [1.165, 1.54) is 5.01 Å². The Balaban J connectivity index is 1.48. The summed E-state index contributed by atoms with van der Waals surface area (Å²) in [6, 6.07) is 6.79. The number of ether oxygens (including phenoxy) is 2. The quantitative estimate of drug-likeness (QED) is 0.471. The first-order chi connectivity index (χ1) is 20.6. The maximum atomic E-state index is 13.2. The molecule has 1 fully saturated rings. The highest BCUT2D eigenvalue weighted by Crippen LogP contribution is 2.25. The Bertz CT molecular complexity index is 1300. The molecule has 0 radical (unpaired) electrons. The number of fused-ring (bicyclic) bond motifs is 4. The van der Waals surface area contributed by atoms with Crippen molar-refractivity contribution < 1.29 is 28.7 Å². The molecule has 3 heterocycles. The molecule has 10 heteroatoms. The normalized spacial score (nSPS) is 26.1. The van der Waals surface area contributed by atoms with Gasteiger partial charge in [0, 0.05) is 49.2 Å². The van der Waals surface area contributed by atoms with Crippen LogP contribution in [0.25, 0.3) is 10.8 Å². The van der Waals surface area contributed by atoms with Crippen molar-refractivity contribution in [3.05, 3.63) is 41.7 Å². The third-order valence-corrected chi connectivity index (χ3v) is 8.32. The highest BCUT2D eigenvalue weighted by Gasteiger charge is 2.32. The van der Waals surface area contributed by atoms with Crippen molar-refractivity contribution >= 4 is 34.3 Å². The summed E-state index contributed by atoms with van der Waals surface area (Å²) >= 11 is 0. The molecule has 1 saturated heterocycles. The minimum atomic E-state index is -0.631. The van der Waals surface area contributed by atoms with Crippen molar-refractivity contribution in [2.45, 2.75) is 97.2 Å². The number of pyridine rings is 1. The number of esters is 1. The molecule has 5 bridgehead atoms. The lowest BCUT2D eigenvalue weighted by Crippen LogP contribution is -2.56. The molecule has 0 spiro atoms. The number of hydrazine groups is 1. The molecule has 0 aliphatic carbocycles. The van der Waals surface area contributed by atoms with E-state index in [1.54, 1.807) is 6.92 Å². The zero-order valence-electron chi connectivity index (χ0n) is 25.9. The second kappa shape index (κ2) is 15.4. The molecule has 0 unspecified atom stereocenters. The van der Waals surface area contributed by atoms with E-state index < -0.39 is 30.1 Å². The molecular formula is C33H46N4O6. The van der Waals surface area contributed by atoms with Crippen molar-refractivity contribution in [2.75, 3.05) is 19.8 Å². The van der Waals surface area contributed by atoms with Gasteiger partial charge in [-0.2, -0.15) is 0 Å². The Labute approximate surface area is 254 Å². The third-order valence-electron chi connectivity index (χ3n) is 8.32. The van der Waals surface area contributed by atoms with Gasteiger partial charge in [0.05, 0.1) is 12.6 Å². The second-order valence-electron chi connectivity index (χ2n) is 12.2. The Morgan fingerprint density at radius 2 is 1.74 bits per heavy atom. The van der Waals surface area contributed by atoms with Crippen LogP contribution in [0.5, 0.6) is 0 Å². The number of ketones is 1. The predicted molar refractivity (Wildman–Crippen MR) is 163 cm³/mol. The van der Waals surface area contributed by atoms with Gasteiger partial charge in [-0.05, 0) is 74.4 Å². The lowest BCUT2D eigenvalue weighted by molar-refractivity contribution is -0.157. The highest BCUT2D eigenvalue weighted by atomic mass is 16.5. The predicted octanol–water partition coefficient (Wildman–Crippen LogP) is 4.20. The number of hydrogen-bond donors (Lipinski definition) is 2. The number of benzene rings is 1. The molecule has 2 N–H and O–H groups in total. The average Bonchev–Trinajstić information content (AvgIpc) is 3.00. The first-order valence-corrected chi connectivity index (χ1v) is 15.7. The van der Waals surface area contributed by atoms with Gasteiger partial charge in [0.2, 0.25) is 11.8 Å². The smallest absolute Gasteiger partial charge is 0.325 e. The van der Waals surface area contributed by atoms with Crippen LogP contribution in [0.2, 0.25) is 0 Å². The number of nitrogens with zero attached hydrogens (tertiary/aromatic N) is 2. The van der Waals surface area contributed by atoms with Gasteiger partial charge in [0.25, 0.3) is 0 Å². The van der Waals surface area contributed by atoms with Crippen molar-refractivity contribution in [3.63, 3.8) is 0 Å². The summed E-state index contributed by atoms with van der Waals surface area (Å²) in [5, 5.41) is 6.41. The zero-order valence-corrected chi connectivity index (χ0v) is 25.9. The number of cyclic esters (lactones) is 1. The molecular weight excluding hydrogens is 548 g/mol. The van der Waals surface area contributed by atoms with E-state index in [9.17, 15) is 19.2 Å². The summed E-state index contributed by atoms with van der Waals surface area (Å²) in [6.07, 6.45) is 5.87. The molecule has 4 atom stereocenters. The fraction of sp³-hybridized carbons (Fsp3) is 0.606. The summed E-state index contributed by atoms with van der Waals surface area (Å²) in [4.78, 5) is 56.6. The van der Waals surface area contributed by atoms with Crippen LogP contribution >= 0.6 is 0 Å². The Kier molecular flexibility index (Phi) is 11.6. The van der Waals surface area contributed by atoms with Crippen molar-refractivity contribution in [1.82, 2.24) is 20.7 Å². The largest absolute Gasteiger partial charge is 0.457 e. The Hall–Kier alpha value is -3.37. The number of Topliss-reactive ketones (excluding diaryl/α,β-unsaturated/α-hetero) is 1. The highest BCUT2D eigenvalue weighted by molar-refractivity contribution is 5.90. The van der Waals surface area contributed by atoms with Gasteiger partial charge < -0.3 is 14.8 Å². The van der Waals surface area contributed by atoms with Crippen LogP contribution in [-0.2, 0) is 35.1 Å². The summed E-state index contributed by atoms with van der Waals surface area (Å²) in [5.74, 6) is -1.39. The summed E-state index contributed by atoms with van der Waals surface area (Å²) in [5.41, 5.74) is 4.93. The molecule has 4 rings (SSSR count). The van der Waals surface area contributed by atoms with Gasteiger partial charge in [-0.3, -0.25) is 29.2 Å². The molecule has 0 saturated carbocycles. The topological polar surface area (TPSA) is 127 Å². The lowest BCUT2D eigenvalue weighted by atomic mass is 9.93. The molecule has 2 aliphatic rings. The molecule has 2 aromatic rings. The molecule has 43 heavy (non-hydrogen) atoms. The zero-order chi connectivity index (χ0) is 30.9. The lowest BCUT2D eigenvalue weighted by Gasteiger charge is -2.34. The molecule has 234 valence electrons. The molecule has 1 aromatic carbocycles.